The van der Waals surface area contributed by atoms with Gasteiger partial charge in [-0.05, 0) is 6.42 Å². The average Bonchev–Trinajstić information content (AvgIpc) is 2.65. The Morgan fingerprint density at radius 1 is 1.57 bits per heavy atom. The summed E-state index contributed by atoms with van der Waals surface area (Å²) in [4.78, 5) is 13.3. The van der Waals surface area contributed by atoms with Crippen LogP contribution in [0.5, 0.6) is 0 Å². The topological polar surface area (TPSA) is 44.4 Å². The van der Waals surface area contributed by atoms with Gasteiger partial charge in [-0.3, -0.25) is 4.79 Å². The van der Waals surface area contributed by atoms with Gasteiger partial charge < -0.3 is 10.3 Å². The van der Waals surface area contributed by atoms with Crippen LogP contribution in [0.1, 0.15) is 6.42 Å². The van der Waals surface area contributed by atoms with E-state index in [2.05, 4.69) is 16.9 Å². The van der Waals surface area contributed by atoms with E-state index < -0.39 is 0 Å². The lowest BCUT2D eigenvalue weighted by Gasteiger charge is -2.11. The van der Waals surface area contributed by atoms with Gasteiger partial charge in [0.2, 0.25) is 0 Å². The molecular weight excluding hydrogens is 178 g/mol. The quantitative estimate of drug-likeness (QED) is 0.601. The molecule has 2 aliphatic carbocycles. The van der Waals surface area contributed by atoms with Crippen molar-refractivity contribution < 1.29 is 4.79 Å². The van der Waals surface area contributed by atoms with Crippen molar-refractivity contribution in [2.45, 2.75) is 12.5 Å². The van der Waals surface area contributed by atoms with E-state index in [1.807, 2.05) is 0 Å². The number of hydrazine groups is 1. The van der Waals surface area contributed by atoms with Gasteiger partial charge >= 0.3 is 0 Å². The van der Waals surface area contributed by atoms with E-state index >= 15 is 0 Å². The Balaban J connectivity index is 1.97. The van der Waals surface area contributed by atoms with Crippen LogP contribution in [-0.4, -0.2) is 30.9 Å². The van der Waals surface area contributed by atoms with Crippen LogP contribution in [0.25, 0.3) is 0 Å². The highest BCUT2D eigenvalue weighted by molar-refractivity contribution is 5.95. The molecule has 0 aromatic heterocycles. The summed E-state index contributed by atoms with van der Waals surface area (Å²) in [7, 11) is 3.54. The van der Waals surface area contributed by atoms with Crippen molar-refractivity contribution in [3.63, 3.8) is 0 Å². The lowest BCUT2D eigenvalue weighted by atomic mass is 10.1. The summed E-state index contributed by atoms with van der Waals surface area (Å²) in [5.41, 5.74) is 9.52. The van der Waals surface area contributed by atoms with Gasteiger partial charge in [0.25, 0.3) is 5.91 Å². The highest BCUT2D eigenvalue weighted by Crippen LogP contribution is 2.50. The number of likely N-dealkylation sites (N-methyl/N-ethyl adjacent to an activating group) is 1. The van der Waals surface area contributed by atoms with Crippen molar-refractivity contribution in [1.29, 1.82) is 0 Å². The number of carbonyl (C=O) groups is 1. The standard InChI is InChI=1S/C10H13N3O/c1-13(2)10(14)9-7-4-5-3-6(5)8(7)11-12-9/h4,6,8,11-12H,3H2,1-2H3. The molecule has 3 aliphatic rings. The largest absolute Gasteiger partial charge is 0.343 e. The van der Waals surface area contributed by atoms with Crippen LogP contribution in [0.4, 0.5) is 0 Å². The number of carbonyl (C=O) groups excluding carboxylic acids is 1. The van der Waals surface area contributed by atoms with Gasteiger partial charge in [-0.15, -0.1) is 0 Å². The monoisotopic (exact) mass is 191 g/mol. The fraction of sp³-hybridized carbons (Fsp3) is 0.500. The number of hydrogen-bond donors (Lipinski definition) is 2. The Morgan fingerprint density at radius 3 is 3.07 bits per heavy atom. The van der Waals surface area contributed by atoms with Gasteiger partial charge in [0.05, 0.1) is 6.04 Å². The number of fused-ring (bicyclic) bond motifs is 3. The summed E-state index contributed by atoms with van der Waals surface area (Å²) in [5.74, 6) is 0.707. The second-order valence-electron chi connectivity index (χ2n) is 4.31. The van der Waals surface area contributed by atoms with Crippen molar-refractivity contribution in [3.05, 3.63) is 22.9 Å². The van der Waals surface area contributed by atoms with Crippen molar-refractivity contribution in [2.75, 3.05) is 14.1 Å². The molecule has 0 saturated heterocycles. The van der Waals surface area contributed by atoms with E-state index in [4.69, 9.17) is 0 Å². The smallest absolute Gasteiger partial charge is 0.271 e. The molecule has 0 aromatic rings. The normalized spacial score (nSPS) is 32.0. The molecule has 1 heterocycles. The minimum atomic E-state index is 0.0492. The van der Waals surface area contributed by atoms with Crippen molar-refractivity contribution >= 4 is 5.91 Å². The Hall–Kier alpha value is -1.29. The van der Waals surface area contributed by atoms with E-state index in [9.17, 15) is 4.79 Å². The number of nitrogens with zero attached hydrogens (tertiary/aromatic N) is 1. The summed E-state index contributed by atoms with van der Waals surface area (Å²) in [5, 5.41) is 0. The Labute approximate surface area is 82.6 Å². The maximum Gasteiger partial charge on any atom is 0.271 e. The Bertz CT molecular complexity index is 381. The summed E-state index contributed by atoms with van der Waals surface area (Å²) < 4.78 is 0. The summed E-state index contributed by atoms with van der Waals surface area (Å²) in [6.45, 7) is 0. The summed E-state index contributed by atoms with van der Waals surface area (Å²) in [6.07, 6.45) is 3.37. The Morgan fingerprint density at radius 2 is 2.36 bits per heavy atom. The van der Waals surface area contributed by atoms with Crippen LogP contribution < -0.4 is 10.9 Å². The van der Waals surface area contributed by atoms with E-state index in [0.29, 0.717) is 12.0 Å². The Kier molecular flexibility index (Phi) is 1.37. The summed E-state index contributed by atoms with van der Waals surface area (Å²) in [6, 6.07) is 0.351. The highest BCUT2D eigenvalue weighted by Gasteiger charge is 2.48. The van der Waals surface area contributed by atoms with Crippen LogP contribution in [0, 0.1) is 5.92 Å². The molecule has 74 valence electrons. The highest BCUT2D eigenvalue weighted by atomic mass is 16.2. The molecule has 14 heavy (non-hydrogen) atoms. The van der Waals surface area contributed by atoms with E-state index in [1.54, 1.807) is 19.0 Å². The second kappa shape index (κ2) is 2.39. The first-order chi connectivity index (χ1) is 6.68. The molecule has 2 unspecified atom stereocenters. The zero-order valence-electron chi connectivity index (χ0n) is 8.29. The predicted octanol–water partition coefficient (Wildman–Crippen LogP) is -0.235. The van der Waals surface area contributed by atoms with Crippen LogP contribution >= 0.6 is 0 Å². The maximum absolute atomic E-state index is 11.7. The number of nitrogens with one attached hydrogen (secondary N) is 2. The second-order valence-corrected chi connectivity index (χ2v) is 4.31. The first kappa shape index (κ1) is 8.05. The van der Waals surface area contributed by atoms with Crippen LogP contribution in [-0.2, 0) is 4.79 Å². The molecule has 0 spiro atoms. The van der Waals surface area contributed by atoms with Crippen molar-refractivity contribution in [1.82, 2.24) is 15.8 Å². The molecule has 3 rings (SSSR count). The molecule has 2 atom stereocenters. The molecule has 0 bridgehead atoms. The third kappa shape index (κ3) is 0.889. The number of amides is 1. The number of rotatable bonds is 1. The molecule has 4 heteroatoms. The SMILES string of the molecule is CN(C)C(=O)C1=C2C=C3CC3C2NN1. The summed E-state index contributed by atoms with van der Waals surface area (Å²) >= 11 is 0. The lowest BCUT2D eigenvalue weighted by Crippen LogP contribution is -2.36. The zero-order valence-corrected chi connectivity index (χ0v) is 8.29. The van der Waals surface area contributed by atoms with Gasteiger partial charge in [0, 0.05) is 25.6 Å². The zero-order chi connectivity index (χ0) is 9.87. The molecule has 1 fully saturated rings. The van der Waals surface area contributed by atoms with Gasteiger partial charge in [0.1, 0.15) is 5.70 Å². The van der Waals surface area contributed by atoms with Crippen LogP contribution in [0.15, 0.2) is 22.9 Å². The van der Waals surface area contributed by atoms with E-state index in [-0.39, 0.29) is 5.91 Å². The molecule has 2 N–H and O–H groups in total. The van der Waals surface area contributed by atoms with E-state index in [0.717, 1.165) is 11.3 Å². The van der Waals surface area contributed by atoms with Crippen LogP contribution in [0.2, 0.25) is 0 Å². The molecule has 1 amide bonds. The minimum Gasteiger partial charge on any atom is -0.343 e. The minimum absolute atomic E-state index is 0.0492. The van der Waals surface area contributed by atoms with Crippen molar-refractivity contribution in [2.24, 2.45) is 5.92 Å². The fourth-order valence-electron chi connectivity index (χ4n) is 2.23. The van der Waals surface area contributed by atoms with Gasteiger partial charge in [-0.1, -0.05) is 11.6 Å². The number of hydrogen-bond acceptors (Lipinski definition) is 3. The molecular formula is C10H13N3O. The molecule has 1 saturated carbocycles. The lowest BCUT2D eigenvalue weighted by molar-refractivity contribution is -0.125. The average molecular weight is 191 g/mol. The maximum atomic E-state index is 11.7. The molecule has 4 nitrogen and oxygen atoms in total. The van der Waals surface area contributed by atoms with Gasteiger partial charge in [-0.2, -0.15) is 0 Å². The third-order valence-electron chi connectivity index (χ3n) is 3.11. The first-order valence-electron chi connectivity index (χ1n) is 4.86. The molecule has 0 radical (unpaired) electrons. The molecule has 1 aliphatic heterocycles. The van der Waals surface area contributed by atoms with Crippen molar-refractivity contribution in [3.8, 4) is 0 Å². The fourth-order valence-corrected chi connectivity index (χ4v) is 2.23. The third-order valence-corrected chi connectivity index (χ3v) is 3.11. The van der Waals surface area contributed by atoms with Crippen LogP contribution in [0.3, 0.4) is 0 Å². The van der Waals surface area contributed by atoms with Gasteiger partial charge in [-0.25, -0.2) is 5.43 Å². The predicted molar refractivity (Wildman–Crippen MR) is 52.0 cm³/mol. The first-order valence-corrected chi connectivity index (χ1v) is 4.86. The van der Waals surface area contributed by atoms with E-state index in [1.165, 1.54) is 12.0 Å². The molecule has 0 aromatic carbocycles. The van der Waals surface area contributed by atoms with Gasteiger partial charge in [0.15, 0.2) is 0 Å².